The predicted octanol–water partition coefficient (Wildman–Crippen LogP) is -0.917. The molecular weight excluding hydrogens is 276 g/mol. The lowest BCUT2D eigenvalue weighted by Crippen LogP contribution is -2.64. The molecule has 7 nitrogen and oxygen atoms in total. The highest BCUT2D eigenvalue weighted by Gasteiger charge is 2.44. The highest BCUT2D eigenvalue weighted by molar-refractivity contribution is 4.99. The second-order valence-electron chi connectivity index (χ2n) is 6.33. The van der Waals surface area contributed by atoms with Gasteiger partial charge in [-0.15, -0.1) is 0 Å². The first kappa shape index (κ1) is 17.1. The summed E-state index contributed by atoms with van der Waals surface area (Å²) in [6, 6.07) is -1.09. The van der Waals surface area contributed by atoms with Gasteiger partial charge in [-0.1, -0.05) is 6.92 Å². The van der Waals surface area contributed by atoms with E-state index in [1.54, 1.807) is 0 Å². The molecule has 7 atom stereocenters. The van der Waals surface area contributed by atoms with E-state index in [-0.39, 0.29) is 25.6 Å². The molecule has 0 aromatic heterocycles. The maximum Gasteiger partial charge on any atom is 0.147 e. The minimum absolute atomic E-state index is 0.0982. The Hall–Kier alpha value is -0.280. The van der Waals surface area contributed by atoms with Crippen molar-refractivity contribution in [3.05, 3.63) is 0 Å². The van der Waals surface area contributed by atoms with E-state index in [9.17, 15) is 10.2 Å². The minimum atomic E-state index is -0.967. The Bertz CT molecular complexity index is 345. The molecule has 1 aliphatic heterocycles. The number of fused-ring (bicyclic) bond motifs is 1. The predicted molar refractivity (Wildman–Crippen MR) is 76.5 cm³/mol. The van der Waals surface area contributed by atoms with E-state index in [0.29, 0.717) is 19.3 Å². The van der Waals surface area contributed by atoms with Crippen LogP contribution in [0.3, 0.4) is 0 Å². The number of aliphatic hydroxyl groups excluding tert-OH is 1. The van der Waals surface area contributed by atoms with Gasteiger partial charge in [0.2, 0.25) is 0 Å². The lowest BCUT2D eigenvalue weighted by Gasteiger charge is -2.44. The molecule has 2 rings (SSSR count). The second-order valence-corrected chi connectivity index (χ2v) is 6.33. The third-order valence-corrected chi connectivity index (χ3v) is 4.59. The number of hydrogen-bond donors (Lipinski definition) is 4. The van der Waals surface area contributed by atoms with Crippen LogP contribution in [0.25, 0.3) is 0 Å². The van der Waals surface area contributed by atoms with Gasteiger partial charge in [0.25, 0.3) is 0 Å². The lowest BCUT2D eigenvalue weighted by atomic mass is 9.84. The van der Waals surface area contributed by atoms with Gasteiger partial charge in [0, 0.05) is 12.5 Å². The largest absolute Gasteiger partial charge is 0.390 e. The number of nitrogens with two attached hydrogens (primary N) is 2. The van der Waals surface area contributed by atoms with Crippen molar-refractivity contribution < 1.29 is 24.4 Å². The summed E-state index contributed by atoms with van der Waals surface area (Å²) in [5.74, 6) is 0. The Labute approximate surface area is 125 Å². The summed E-state index contributed by atoms with van der Waals surface area (Å²) in [5, 5.41) is 20.6. The first-order valence-corrected chi connectivity index (χ1v) is 7.62. The van der Waals surface area contributed by atoms with Crippen LogP contribution in [0.2, 0.25) is 0 Å². The van der Waals surface area contributed by atoms with Crippen LogP contribution < -0.4 is 11.5 Å². The molecule has 2 aliphatic rings. The van der Waals surface area contributed by atoms with Crippen LogP contribution in [-0.4, -0.2) is 65.7 Å². The molecule has 7 unspecified atom stereocenters. The van der Waals surface area contributed by atoms with E-state index < -0.39 is 29.9 Å². The molecule has 1 heterocycles. The van der Waals surface area contributed by atoms with Gasteiger partial charge in [0.15, 0.2) is 0 Å². The minimum Gasteiger partial charge on any atom is -0.390 e. The van der Waals surface area contributed by atoms with Gasteiger partial charge in [-0.3, -0.25) is 0 Å². The summed E-state index contributed by atoms with van der Waals surface area (Å²) in [5.41, 5.74) is 11.0. The molecule has 2 fully saturated rings. The molecule has 1 saturated heterocycles. The average molecular weight is 304 g/mol. The quantitative estimate of drug-likeness (QED) is 0.494. The molecule has 0 spiro atoms. The molecule has 0 aromatic carbocycles. The summed E-state index contributed by atoms with van der Waals surface area (Å²) in [6.45, 7) is 4.03. The molecule has 1 saturated carbocycles. The van der Waals surface area contributed by atoms with Gasteiger partial charge < -0.3 is 35.9 Å². The number of aliphatic hydroxyl groups is 2. The van der Waals surface area contributed by atoms with Gasteiger partial charge in [-0.2, -0.15) is 0 Å². The van der Waals surface area contributed by atoms with E-state index in [0.717, 1.165) is 0 Å². The molecule has 0 amide bonds. The fourth-order valence-corrected chi connectivity index (χ4v) is 3.04. The SMILES string of the molecule is CCC1(O)COC2C(CC(N)C(O)C2N)OCOC(C)C1. The molecular formula is C14H28N2O5. The lowest BCUT2D eigenvalue weighted by molar-refractivity contribution is -0.215. The van der Waals surface area contributed by atoms with E-state index in [1.807, 2.05) is 13.8 Å². The third kappa shape index (κ3) is 3.92. The van der Waals surface area contributed by atoms with Crippen LogP contribution in [0.1, 0.15) is 33.1 Å². The molecule has 0 bridgehead atoms. The highest BCUT2D eigenvalue weighted by atomic mass is 16.7. The molecule has 21 heavy (non-hydrogen) atoms. The highest BCUT2D eigenvalue weighted by Crippen LogP contribution is 2.28. The fourth-order valence-electron chi connectivity index (χ4n) is 3.04. The van der Waals surface area contributed by atoms with Gasteiger partial charge in [-0.05, 0) is 19.8 Å². The number of rotatable bonds is 1. The van der Waals surface area contributed by atoms with Crippen molar-refractivity contribution in [3.63, 3.8) is 0 Å². The van der Waals surface area contributed by atoms with Gasteiger partial charge in [0.1, 0.15) is 12.9 Å². The zero-order valence-corrected chi connectivity index (χ0v) is 12.8. The Morgan fingerprint density at radius 1 is 1.24 bits per heavy atom. The van der Waals surface area contributed by atoms with Crippen LogP contribution in [0.15, 0.2) is 0 Å². The second kappa shape index (κ2) is 6.87. The average Bonchev–Trinajstić information content (AvgIpc) is 2.44. The van der Waals surface area contributed by atoms with Crippen molar-refractivity contribution in [3.8, 4) is 0 Å². The fraction of sp³-hybridized carbons (Fsp3) is 1.00. The summed E-state index contributed by atoms with van der Waals surface area (Å²) >= 11 is 0. The summed E-state index contributed by atoms with van der Waals surface area (Å²) in [6.07, 6.45) is -0.363. The van der Waals surface area contributed by atoms with E-state index in [2.05, 4.69) is 0 Å². The third-order valence-electron chi connectivity index (χ3n) is 4.59. The van der Waals surface area contributed by atoms with Gasteiger partial charge in [0.05, 0.1) is 36.6 Å². The Kier molecular flexibility index (Phi) is 5.59. The maximum absolute atomic E-state index is 10.6. The maximum atomic E-state index is 10.6. The molecule has 0 radical (unpaired) electrons. The molecule has 1 aliphatic carbocycles. The standard InChI is InChI=1S/C14H28N2O5/c1-3-14(18)5-8(2)20-7-21-10-4-9(15)12(17)11(16)13(10)19-6-14/h8-13,17-18H,3-7,15-16H2,1-2H3. The van der Waals surface area contributed by atoms with E-state index in [1.165, 1.54) is 0 Å². The summed E-state index contributed by atoms with van der Waals surface area (Å²) in [7, 11) is 0. The summed E-state index contributed by atoms with van der Waals surface area (Å²) < 4.78 is 17.1. The zero-order valence-electron chi connectivity index (χ0n) is 12.8. The van der Waals surface area contributed by atoms with Crippen molar-refractivity contribution in [2.75, 3.05) is 13.4 Å². The molecule has 7 heteroatoms. The van der Waals surface area contributed by atoms with Gasteiger partial charge in [-0.25, -0.2) is 0 Å². The molecule has 124 valence electrons. The Morgan fingerprint density at radius 2 is 1.95 bits per heavy atom. The van der Waals surface area contributed by atoms with Crippen LogP contribution in [0.5, 0.6) is 0 Å². The first-order valence-electron chi connectivity index (χ1n) is 7.62. The van der Waals surface area contributed by atoms with Crippen molar-refractivity contribution in [1.82, 2.24) is 0 Å². The zero-order chi connectivity index (χ0) is 15.6. The van der Waals surface area contributed by atoms with E-state index in [4.69, 9.17) is 25.7 Å². The summed E-state index contributed by atoms with van der Waals surface area (Å²) in [4.78, 5) is 0. The van der Waals surface area contributed by atoms with Crippen LogP contribution in [-0.2, 0) is 14.2 Å². The molecule has 6 N–H and O–H groups in total. The first-order chi connectivity index (χ1) is 9.86. The number of hydrogen-bond acceptors (Lipinski definition) is 7. The van der Waals surface area contributed by atoms with Crippen LogP contribution >= 0.6 is 0 Å². The number of ether oxygens (including phenoxy) is 3. The van der Waals surface area contributed by atoms with Crippen LogP contribution in [0.4, 0.5) is 0 Å². The Balaban J connectivity index is 2.13. The van der Waals surface area contributed by atoms with Crippen LogP contribution in [0, 0.1) is 0 Å². The van der Waals surface area contributed by atoms with Crippen molar-refractivity contribution in [1.29, 1.82) is 0 Å². The smallest absolute Gasteiger partial charge is 0.147 e. The van der Waals surface area contributed by atoms with Crippen molar-refractivity contribution in [2.24, 2.45) is 11.5 Å². The Morgan fingerprint density at radius 3 is 2.62 bits per heavy atom. The van der Waals surface area contributed by atoms with E-state index >= 15 is 0 Å². The van der Waals surface area contributed by atoms with Crippen molar-refractivity contribution >= 4 is 0 Å². The van der Waals surface area contributed by atoms with Crippen molar-refractivity contribution in [2.45, 2.75) is 75.2 Å². The topological polar surface area (TPSA) is 120 Å². The van der Waals surface area contributed by atoms with Gasteiger partial charge >= 0.3 is 0 Å². The monoisotopic (exact) mass is 304 g/mol. The normalized spacial score (nSPS) is 49.4. The molecule has 0 aromatic rings.